The Bertz CT molecular complexity index is 945. The van der Waals surface area contributed by atoms with Crippen LogP contribution in [-0.4, -0.2) is 16.8 Å². The van der Waals surface area contributed by atoms with Crippen LogP contribution in [0.25, 0.3) is 0 Å². The smallest absolute Gasteiger partial charge is 0.257 e. The Balaban J connectivity index is 1.63. The summed E-state index contributed by atoms with van der Waals surface area (Å²) in [7, 11) is 0. The lowest BCUT2D eigenvalue weighted by atomic mass is 10.1. The molecule has 0 aliphatic carbocycles. The van der Waals surface area contributed by atoms with Crippen LogP contribution in [0.5, 0.6) is 0 Å². The van der Waals surface area contributed by atoms with E-state index >= 15 is 0 Å². The molecule has 0 fully saturated rings. The van der Waals surface area contributed by atoms with Gasteiger partial charge in [0.2, 0.25) is 5.91 Å². The first-order valence-electron chi connectivity index (χ1n) is 8.46. The first kappa shape index (κ1) is 18.8. The standard InChI is InChI=1S/C21H18BrN3O2/c22-17-7-3-5-15(13-17)10-11-20(26)24-18-8-1-2-9-19(18)25-21(27)16-6-4-12-23-14-16/h1-9,12-14H,10-11H2,(H,24,26)(H,25,27). The highest BCUT2D eigenvalue weighted by atomic mass is 79.9. The van der Waals surface area contributed by atoms with Gasteiger partial charge in [-0.1, -0.05) is 40.2 Å². The third kappa shape index (κ3) is 5.49. The van der Waals surface area contributed by atoms with Crippen molar-refractivity contribution in [2.24, 2.45) is 0 Å². The van der Waals surface area contributed by atoms with Gasteiger partial charge in [0.15, 0.2) is 0 Å². The summed E-state index contributed by atoms with van der Waals surface area (Å²) in [5.41, 5.74) is 2.64. The number of benzene rings is 2. The highest BCUT2D eigenvalue weighted by Gasteiger charge is 2.11. The Hall–Kier alpha value is -2.99. The number of amides is 2. The molecule has 3 aromatic rings. The first-order valence-corrected chi connectivity index (χ1v) is 9.26. The number of aryl methyl sites for hydroxylation is 1. The molecule has 0 bridgehead atoms. The summed E-state index contributed by atoms with van der Waals surface area (Å²) in [6.45, 7) is 0. The average molecular weight is 424 g/mol. The van der Waals surface area contributed by atoms with E-state index in [1.165, 1.54) is 6.20 Å². The monoisotopic (exact) mass is 423 g/mol. The fraction of sp³-hybridized carbons (Fsp3) is 0.0952. The number of anilines is 2. The molecular formula is C21H18BrN3O2. The number of hydrogen-bond acceptors (Lipinski definition) is 3. The molecule has 136 valence electrons. The van der Waals surface area contributed by atoms with E-state index in [0.717, 1.165) is 10.0 Å². The largest absolute Gasteiger partial charge is 0.324 e. The minimum atomic E-state index is -0.279. The van der Waals surface area contributed by atoms with E-state index in [-0.39, 0.29) is 11.8 Å². The van der Waals surface area contributed by atoms with Crippen molar-refractivity contribution in [3.05, 3.63) is 88.7 Å². The summed E-state index contributed by atoms with van der Waals surface area (Å²) in [5, 5.41) is 5.68. The van der Waals surface area contributed by atoms with E-state index in [4.69, 9.17) is 0 Å². The van der Waals surface area contributed by atoms with Gasteiger partial charge in [-0.3, -0.25) is 14.6 Å². The number of halogens is 1. The number of nitrogens with zero attached hydrogens (tertiary/aromatic N) is 1. The van der Waals surface area contributed by atoms with E-state index in [9.17, 15) is 9.59 Å². The number of carbonyl (C=O) groups excluding carboxylic acids is 2. The fourth-order valence-electron chi connectivity index (χ4n) is 2.56. The van der Waals surface area contributed by atoms with Crippen LogP contribution in [-0.2, 0) is 11.2 Å². The van der Waals surface area contributed by atoms with Crippen LogP contribution >= 0.6 is 15.9 Å². The Labute approximate surface area is 166 Å². The average Bonchev–Trinajstić information content (AvgIpc) is 2.69. The quantitative estimate of drug-likeness (QED) is 0.604. The molecule has 2 amide bonds. The first-order chi connectivity index (χ1) is 13.1. The van der Waals surface area contributed by atoms with E-state index in [2.05, 4.69) is 31.5 Å². The van der Waals surface area contributed by atoms with E-state index < -0.39 is 0 Å². The molecule has 0 unspecified atom stereocenters. The number of carbonyl (C=O) groups is 2. The lowest BCUT2D eigenvalue weighted by molar-refractivity contribution is -0.116. The molecule has 1 heterocycles. The second-order valence-electron chi connectivity index (χ2n) is 5.92. The lowest BCUT2D eigenvalue weighted by Crippen LogP contribution is -2.17. The molecule has 27 heavy (non-hydrogen) atoms. The van der Waals surface area contributed by atoms with Crippen LogP contribution in [0.15, 0.2) is 77.5 Å². The van der Waals surface area contributed by atoms with Crippen LogP contribution in [0.4, 0.5) is 11.4 Å². The Kier molecular flexibility index (Phi) is 6.33. The van der Waals surface area contributed by atoms with E-state index in [1.54, 1.807) is 36.5 Å². The molecule has 2 N–H and O–H groups in total. The van der Waals surface area contributed by atoms with Gasteiger partial charge in [-0.05, 0) is 48.4 Å². The Morgan fingerprint density at radius 3 is 2.41 bits per heavy atom. The number of aromatic nitrogens is 1. The molecule has 0 spiro atoms. The third-order valence-corrected chi connectivity index (χ3v) is 4.40. The number of hydrogen-bond donors (Lipinski definition) is 2. The highest BCUT2D eigenvalue weighted by Crippen LogP contribution is 2.22. The van der Waals surface area contributed by atoms with Crippen LogP contribution in [0.3, 0.4) is 0 Å². The van der Waals surface area contributed by atoms with Crippen molar-refractivity contribution < 1.29 is 9.59 Å². The fourth-order valence-corrected chi connectivity index (χ4v) is 3.00. The normalized spacial score (nSPS) is 10.3. The van der Waals surface area contributed by atoms with Gasteiger partial charge in [0, 0.05) is 23.3 Å². The van der Waals surface area contributed by atoms with Crippen molar-refractivity contribution in [3.8, 4) is 0 Å². The molecule has 0 saturated heterocycles. The van der Waals surface area contributed by atoms with Crippen molar-refractivity contribution in [3.63, 3.8) is 0 Å². The maximum Gasteiger partial charge on any atom is 0.257 e. The summed E-state index contributed by atoms with van der Waals surface area (Å²) < 4.78 is 0.990. The minimum absolute atomic E-state index is 0.113. The molecule has 2 aromatic carbocycles. The third-order valence-electron chi connectivity index (χ3n) is 3.90. The van der Waals surface area contributed by atoms with Gasteiger partial charge in [-0.15, -0.1) is 0 Å². The van der Waals surface area contributed by atoms with Crippen LogP contribution in [0.1, 0.15) is 22.3 Å². The number of pyridine rings is 1. The number of rotatable bonds is 6. The van der Waals surface area contributed by atoms with Crippen molar-refractivity contribution in [2.45, 2.75) is 12.8 Å². The minimum Gasteiger partial charge on any atom is -0.324 e. The summed E-state index contributed by atoms with van der Waals surface area (Å²) in [6.07, 6.45) is 4.08. The molecule has 0 radical (unpaired) electrons. The van der Waals surface area contributed by atoms with E-state index in [1.807, 2.05) is 30.3 Å². The van der Waals surface area contributed by atoms with Crippen LogP contribution in [0, 0.1) is 0 Å². The number of para-hydroxylation sites is 2. The summed E-state index contributed by atoms with van der Waals surface area (Å²) in [4.78, 5) is 28.6. The van der Waals surface area contributed by atoms with Crippen LogP contribution in [0.2, 0.25) is 0 Å². The van der Waals surface area contributed by atoms with Crippen molar-refractivity contribution >= 4 is 39.1 Å². The molecule has 0 aliphatic heterocycles. The maximum absolute atomic E-state index is 12.3. The molecule has 0 atom stereocenters. The zero-order valence-electron chi connectivity index (χ0n) is 14.5. The Morgan fingerprint density at radius 2 is 1.70 bits per heavy atom. The molecular weight excluding hydrogens is 406 g/mol. The summed E-state index contributed by atoms with van der Waals surface area (Å²) >= 11 is 3.43. The summed E-state index contributed by atoms with van der Waals surface area (Å²) in [5.74, 6) is -0.392. The van der Waals surface area contributed by atoms with Gasteiger partial charge in [0.1, 0.15) is 0 Å². The zero-order chi connectivity index (χ0) is 19.1. The van der Waals surface area contributed by atoms with Crippen molar-refractivity contribution in [2.75, 3.05) is 10.6 Å². The molecule has 3 rings (SSSR count). The molecule has 0 aliphatic rings. The Morgan fingerprint density at radius 1 is 0.926 bits per heavy atom. The van der Waals surface area contributed by atoms with Crippen LogP contribution < -0.4 is 10.6 Å². The van der Waals surface area contributed by atoms with Crippen molar-refractivity contribution in [1.82, 2.24) is 4.98 Å². The van der Waals surface area contributed by atoms with Gasteiger partial charge in [0.05, 0.1) is 16.9 Å². The number of nitrogens with one attached hydrogen (secondary N) is 2. The molecule has 0 saturated carbocycles. The second kappa shape index (κ2) is 9.09. The molecule has 5 nitrogen and oxygen atoms in total. The maximum atomic E-state index is 12.3. The molecule has 1 aromatic heterocycles. The molecule has 6 heteroatoms. The summed E-state index contributed by atoms with van der Waals surface area (Å²) in [6, 6.07) is 18.4. The van der Waals surface area contributed by atoms with Gasteiger partial charge in [-0.25, -0.2) is 0 Å². The van der Waals surface area contributed by atoms with Crippen molar-refractivity contribution in [1.29, 1.82) is 0 Å². The van der Waals surface area contributed by atoms with Gasteiger partial charge in [0.25, 0.3) is 5.91 Å². The second-order valence-corrected chi connectivity index (χ2v) is 6.84. The van der Waals surface area contributed by atoms with Gasteiger partial charge < -0.3 is 10.6 Å². The van der Waals surface area contributed by atoms with E-state index in [0.29, 0.717) is 29.8 Å². The van der Waals surface area contributed by atoms with Gasteiger partial charge >= 0.3 is 0 Å². The SMILES string of the molecule is O=C(CCc1cccc(Br)c1)Nc1ccccc1NC(=O)c1cccnc1. The zero-order valence-corrected chi connectivity index (χ0v) is 16.1. The predicted octanol–water partition coefficient (Wildman–Crippen LogP) is 4.67. The van der Waals surface area contributed by atoms with Gasteiger partial charge in [-0.2, -0.15) is 0 Å². The highest BCUT2D eigenvalue weighted by molar-refractivity contribution is 9.10. The predicted molar refractivity (Wildman–Crippen MR) is 110 cm³/mol. The lowest BCUT2D eigenvalue weighted by Gasteiger charge is -2.12. The topological polar surface area (TPSA) is 71.1 Å².